The molecule has 150 valence electrons. The molecule has 0 unspecified atom stereocenters. The van der Waals surface area contributed by atoms with Gasteiger partial charge in [0.05, 0.1) is 22.5 Å². The molecular formula is C20H16Cl2N2O5. The lowest BCUT2D eigenvalue weighted by molar-refractivity contribution is -0.147. The van der Waals surface area contributed by atoms with E-state index >= 15 is 0 Å². The number of imide groups is 1. The zero-order valence-corrected chi connectivity index (χ0v) is 16.6. The number of hydrogen-bond acceptors (Lipinski definition) is 5. The summed E-state index contributed by atoms with van der Waals surface area (Å²) in [6, 6.07) is 10.1. The Morgan fingerprint density at radius 3 is 2.41 bits per heavy atom. The van der Waals surface area contributed by atoms with Crippen molar-refractivity contribution in [3.63, 3.8) is 0 Å². The standard InChI is InChI=1S/C20H16Cl2N2O5/c1-20(19(28)29)14-13(15(23-20)11-7-9(21)8-12(22)16(11)25)17(26)24(18(14)27)10-5-3-2-4-6-10/h2-8,13-15,23,25H,1H3,(H,28,29)/t13-,14+,15-,20+/m1/s1. The number of para-hydroxylation sites is 1. The number of phenolic OH excluding ortho intramolecular Hbond substituents is 1. The van der Waals surface area contributed by atoms with Gasteiger partial charge in [-0.15, -0.1) is 0 Å². The molecule has 2 saturated heterocycles. The summed E-state index contributed by atoms with van der Waals surface area (Å²) in [5.74, 6) is -4.99. The van der Waals surface area contributed by atoms with Crippen molar-refractivity contribution in [2.75, 3.05) is 4.90 Å². The molecule has 0 saturated carbocycles. The fraction of sp³-hybridized carbons (Fsp3) is 0.250. The van der Waals surface area contributed by atoms with Crippen molar-refractivity contribution < 1.29 is 24.6 Å². The monoisotopic (exact) mass is 434 g/mol. The van der Waals surface area contributed by atoms with Gasteiger partial charge in [0.25, 0.3) is 0 Å². The topological polar surface area (TPSA) is 107 Å². The number of nitrogens with zero attached hydrogens (tertiary/aromatic N) is 1. The number of phenols is 1. The van der Waals surface area contributed by atoms with E-state index in [0.29, 0.717) is 5.69 Å². The average Bonchev–Trinajstić information content (AvgIpc) is 3.13. The highest BCUT2D eigenvalue weighted by molar-refractivity contribution is 6.35. The van der Waals surface area contributed by atoms with Gasteiger partial charge in [-0.2, -0.15) is 0 Å². The summed E-state index contributed by atoms with van der Waals surface area (Å²) in [6.07, 6.45) is 0. The zero-order valence-electron chi connectivity index (χ0n) is 15.1. The Labute approximate surface area is 175 Å². The van der Waals surface area contributed by atoms with Gasteiger partial charge in [-0.05, 0) is 31.2 Å². The van der Waals surface area contributed by atoms with E-state index in [1.165, 1.54) is 19.1 Å². The Balaban J connectivity index is 1.88. The van der Waals surface area contributed by atoms with E-state index < -0.39 is 41.2 Å². The van der Waals surface area contributed by atoms with Gasteiger partial charge in [-0.3, -0.25) is 19.7 Å². The van der Waals surface area contributed by atoms with Gasteiger partial charge >= 0.3 is 5.97 Å². The first-order valence-corrected chi connectivity index (χ1v) is 9.54. The molecule has 4 rings (SSSR count). The molecule has 0 radical (unpaired) electrons. The maximum absolute atomic E-state index is 13.3. The molecule has 4 atom stereocenters. The number of carboxylic acids is 1. The molecule has 2 aromatic rings. The van der Waals surface area contributed by atoms with Crippen LogP contribution in [0.4, 0.5) is 5.69 Å². The molecule has 0 spiro atoms. The minimum Gasteiger partial charge on any atom is -0.506 e. The molecule has 9 heteroatoms. The molecule has 2 aliphatic rings. The number of carbonyl (C=O) groups is 3. The molecule has 2 amide bonds. The van der Waals surface area contributed by atoms with Gasteiger partial charge in [0.15, 0.2) is 0 Å². The molecule has 29 heavy (non-hydrogen) atoms. The Morgan fingerprint density at radius 1 is 1.14 bits per heavy atom. The van der Waals surface area contributed by atoms with E-state index in [0.717, 1.165) is 4.90 Å². The SMILES string of the molecule is C[C@]1(C(=O)O)N[C@H](c2cc(Cl)cc(Cl)c2O)[C@@H]2C(=O)N(c3ccccc3)C(=O)[C@H]21. The fourth-order valence-corrected chi connectivity index (χ4v) is 4.77. The van der Waals surface area contributed by atoms with E-state index in [9.17, 15) is 24.6 Å². The molecule has 0 aromatic heterocycles. The van der Waals surface area contributed by atoms with Crippen LogP contribution in [-0.2, 0) is 14.4 Å². The van der Waals surface area contributed by atoms with Crippen molar-refractivity contribution in [1.29, 1.82) is 0 Å². The van der Waals surface area contributed by atoms with E-state index in [4.69, 9.17) is 23.2 Å². The number of hydrogen-bond donors (Lipinski definition) is 3. The summed E-state index contributed by atoms with van der Waals surface area (Å²) in [5.41, 5.74) is -1.21. The minimum absolute atomic E-state index is 0.0357. The molecule has 2 aromatic carbocycles. The second-order valence-electron chi connectivity index (χ2n) is 7.31. The van der Waals surface area contributed by atoms with Crippen molar-refractivity contribution in [3.05, 3.63) is 58.1 Å². The Bertz CT molecular complexity index is 1040. The number of anilines is 1. The number of benzene rings is 2. The second-order valence-corrected chi connectivity index (χ2v) is 8.15. The van der Waals surface area contributed by atoms with Crippen LogP contribution in [-0.4, -0.2) is 33.5 Å². The van der Waals surface area contributed by atoms with Gasteiger partial charge in [-0.25, -0.2) is 4.90 Å². The first-order chi connectivity index (χ1) is 13.7. The zero-order chi connectivity index (χ0) is 21.1. The molecule has 0 aliphatic carbocycles. The van der Waals surface area contributed by atoms with E-state index in [1.807, 2.05) is 0 Å². The van der Waals surface area contributed by atoms with Crippen LogP contribution in [0.3, 0.4) is 0 Å². The van der Waals surface area contributed by atoms with Crippen LogP contribution in [0.1, 0.15) is 18.5 Å². The fourth-order valence-electron chi connectivity index (χ4n) is 4.26. The van der Waals surface area contributed by atoms with Crippen molar-refractivity contribution in [2.24, 2.45) is 11.8 Å². The maximum Gasteiger partial charge on any atom is 0.324 e. The highest BCUT2D eigenvalue weighted by atomic mass is 35.5. The summed E-state index contributed by atoms with van der Waals surface area (Å²) < 4.78 is 0. The molecule has 3 N–H and O–H groups in total. The van der Waals surface area contributed by atoms with Crippen LogP contribution >= 0.6 is 23.2 Å². The quantitative estimate of drug-likeness (QED) is 0.640. The van der Waals surface area contributed by atoms with Crippen LogP contribution in [0, 0.1) is 11.8 Å². The van der Waals surface area contributed by atoms with E-state index in [1.54, 1.807) is 30.3 Å². The third-order valence-corrected chi connectivity index (χ3v) is 6.15. The first-order valence-electron chi connectivity index (χ1n) is 8.78. The normalized spacial score (nSPS) is 28.7. The maximum atomic E-state index is 13.3. The average molecular weight is 435 g/mol. The van der Waals surface area contributed by atoms with Gasteiger partial charge in [0.2, 0.25) is 11.8 Å². The van der Waals surface area contributed by atoms with Gasteiger partial charge in [-0.1, -0.05) is 41.4 Å². The number of nitrogens with one attached hydrogen (secondary N) is 1. The highest BCUT2D eigenvalue weighted by Gasteiger charge is 2.67. The summed E-state index contributed by atoms with van der Waals surface area (Å²) in [4.78, 5) is 39.6. The summed E-state index contributed by atoms with van der Waals surface area (Å²) in [5, 5.41) is 23.4. The van der Waals surface area contributed by atoms with Crippen molar-refractivity contribution >= 4 is 46.7 Å². The molecule has 7 nitrogen and oxygen atoms in total. The van der Waals surface area contributed by atoms with Crippen molar-refractivity contribution in [1.82, 2.24) is 5.32 Å². The Morgan fingerprint density at radius 2 is 1.79 bits per heavy atom. The third kappa shape index (κ3) is 2.80. The number of amides is 2. The Hall–Kier alpha value is -2.61. The molecular weight excluding hydrogens is 419 g/mol. The van der Waals surface area contributed by atoms with Crippen molar-refractivity contribution in [3.8, 4) is 5.75 Å². The van der Waals surface area contributed by atoms with Crippen LogP contribution < -0.4 is 10.2 Å². The summed E-state index contributed by atoms with van der Waals surface area (Å²) in [7, 11) is 0. The summed E-state index contributed by atoms with van der Waals surface area (Å²) in [6.45, 7) is 1.36. The smallest absolute Gasteiger partial charge is 0.324 e. The van der Waals surface area contributed by atoms with E-state index in [-0.39, 0.29) is 21.4 Å². The predicted octanol–water partition coefficient (Wildman–Crippen LogP) is 2.99. The second kappa shape index (κ2) is 6.73. The highest BCUT2D eigenvalue weighted by Crippen LogP contribution is 2.52. The molecule has 2 fully saturated rings. The van der Waals surface area contributed by atoms with Crippen LogP contribution in [0.2, 0.25) is 10.0 Å². The molecule has 2 heterocycles. The number of fused-ring (bicyclic) bond motifs is 1. The van der Waals surface area contributed by atoms with Gasteiger partial charge < -0.3 is 10.2 Å². The third-order valence-electron chi connectivity index (χ3n) is 5.64. The largest absolute Gasteiger partial charge is 0.506 e. The molecule has 0 bridgehead atoms. The van der Waals surface area contributed by atoms with Gasteiger partial charge in [0.1, 0.15) is 11.3 Å². The molecule has 2 aliphatic heterocycles. The number of carboxylic acid groups (broad SMARTS) is 1. The number of halogens is 2. The lowest BCUT2D eigenvalue weighted by Gasteiger charge is -2.27. The lowest BCUT2D eigenvalue weighted by atomic mass is 9.80. The summed E-state index contributed by atoms with van der Waals surface area (Å²) >= 11 is 12.1. The minimum atomic E-state index is -1.73. The Kier molecular flexibility index (Phi) is 4.57. The number of aliphatic carboxylic acids is 1. The number of rotatable bonds is 3. The van der Waals surface area contributed by atoms with Crippen LogP contribution in [0.15, 0.2) is 42.5 Å². The van der Waals surface area contributed by atoms with Crippen LogP contribution in [0.5, 0.6) is 5.75 Å². The lowest BCUT2D eigenvalue weighted by Crippen LogP contribution is -2.53. The van der Waals surface area contributed by atoms with Gasteiger partial charge in [0, 0.05) is 16.6 Å². The number of aromatic hydroxyl groups is 1. The van der Waals surface area contributed by atoms with Crippen molar-refractivity contribution in [2.45, 2.75) is 18.5 Å². The first kappa shape index (κ1) is 19.7. The predicted molar refractivity (Wildman–Crippen MR) is 106 cm³/mol. The van der Waals surface area contributed by atoms with Crippen LogP contribution in [0.25, 0.3) is 0 Å². The van der Waals surface area contributed by atoms with E-state index in [2.05, 4.69) is 5.32 Å². The number of carbonyl (C=O) groups excluding carboxylic acids is 2.